The Morgan fingerprint density at radius 1 is 1.31 bits per heavy atom. The number of halogens is 2. The molecule has 0 radical (unpaired) electrons. The van der Waals surface area contributed by atoms with Gasteiger partial charge in [-0.2, -0.15) is 0 Å². The molecule has 0 atom stereocenters. The maximum absolute atomic E-state index is 13.7. The van der Waals surface area contributed by atoms with Crippen LogP contribution in [-0.4, -0.2) is 18.2 Å². The van der Waals surface area contributed by atoms with Crippen molar-refractivity contribution in [1.82, 2.24) is 0 Å². The number of aliphatic hydroxyl groups is 1. The molecule has 0 unspecified atom stereocenters. The summed E-state index contributed by atoms with van der Waals surface area (Å²) in [7, 11) is 1.71. The SMILES string of the molecule is CN(c1c(F)cc(CO)cc1F)C1CCC1. The summed E-state index contributed by atoms with van der Waals surface area (Å²) in [6, 6.07) is 2.62. The number of rotatable bonds is 3. The average molecular weight is 227 g/mol. The summed E-state index contributed by atoms with van der Waals surface area (Å²) in [6.07, 6.45) is 3.08. The van der Waals surface area contributed by atoms with Gasteiger partial charge in [-0.1, -0.05) is 0 Å². The molecule has 0 amide bonds. The molecule has 4 heteroatoms. The summed E-state index contributed by atoms with van der Waals surface area (Å²) in [4.78, 5) is 1.66. The molecule has 1 aliphatic rings. The number of aliphatic hydroxyl groups excluding tert-OH is 1. The van der Waals surface area contributed by atoms with Crippen molar-refractivity contribution < 1.29 is 13.9 Å². The first-order chi connectivity index (χ1) is 7.63. The molecule has 0 aromatic heterocycles. The Bertz CT molecular complexity index is 368. The minimum Gasteiger partial charge on any atom is -0.392 e. The molecule has 1 aromatic carbocycles. The highest BCUT2D eigenvalue weighted by molar-refractivity contribution is 5.51. The van der Waals surface area contributed by atoms with Crippen LogP contribution in [0.3, 0.4) is 0 Å². The van der Waals surface area contributed by atoms with Gasteiger partial charge in [0.2, 0.25) is 0 Å². The predicted octanol–water partition coefficient (Wildman–Crippen LogP) is 2.45. The van der Waals surface area contributed by atoms with Gasteiger partial charge >= 0.3 is 0 Å². The zero-order valence-electron chi connectivity index (χ0n) is 9.21. The molecule has 1 aliphatic carbocycles. The number of anilines is 1. The van der Waals surface area contributed by atoms with Crippen molar-refractivity contribution >= 4 is 5.69 Å². The zero-order valence-corrected chi connectivity index (χ0v) is 9.21. The molecule has 0 saturated heterocycles. The number of hydrogen-bond donors (Lipinski definition) is 1. The fourth-order valence-corrected chi connectivity index (χ4v) is 2.00. The van der Waals surface area contributed by atoms with Gasteiger partial charge in [-0.25, -0.2) is 8.78 Å². The summed E-state index contributed by atoms with van der Waals surface area (Å²) in [5.41, 5.74) is 0.280. The fraction of sp³-hybridized carbons (Fsp3) is 0.500. The second kappa shape index (κ2) is 4.37. The van der Waals surface area contributed by atoms with Crippen molar-refractivity contribution in [3.63, 3.8) is 0 Å². The molecule has 1 fully saturated rings. The molecule has 16 heavy (non-hydrogen) atoms. The quantitative estimate of drug-likeness (QED) is 0.857. The molecule has 1 N–H and O–H groups in total. The Morgan fingerprint density at radius 3 is 2.25 bits per heavy atom. The smallest absolute Gasteiger partial charge is 0.149 e. The summed E-state index contributed by atoms with van der Waals surface area (Å²) >= 11 is 0. The van der Waals surface area contributed by atoms with Gasteiger partial charge in [0.15, 0.2) is 0 Å². The van der Waals surface area contributed by atoms with Crippen LogP contribution in [0.1, 0.15) is 24.8 Å². The van der Waals surface area contributed by atoms with Crippen LogP contribution < -0.4 is 4.90 Å². The van der Waals surface area contributed by atoms with Crippen molar-refractivity contribution in [1.29, 1.82) is 0 Å². The van der Waals surface area contributed by atoms with E-state index in [-0.39, 0.29) is 23.9 Å². The number of benzene rings is 1. The lowest BCUT2D eigenvalue weighted by molar-refractivity contribution is 0.280. The van der Waals surface area contributed by atoms with E-state index in [9.17, 15) is 8.78 Å². The molecule has 0 heterocycles. The van der Waals surface area contributed by atoms with Crippen LogP contribution in [0, 0.1) is 11.6 Å². The van der Waals surface area contributed by atoms with Crippen LogP contribution in [0.25, 0.3) is 0 Å². The van der Waals surface area contributed by atoms with Gasteiger partial charge in [0, 0.05) is 13.1 Å². The van der Waals surface area contributed by atoms with E-state index in [1.807, 2.05) is 0 Å². The van der Waals surface area contributed by atoms with E-state index < -0.39 is 11.6 Å². The first kappa shape index (κ1) is 11.3. The second-order valence-corrected chi connectivity index (χ2v) is 4.26. The van der Waals surface area contributed by atoms with Crippen LogP contribution in [0.2, 0.25) is 0 Å². The molecule has 0 aliphatic heterocycles. The number of hydrogen-bond acceptors (Lipinski definition) is 2. The highest BCUT2D eigenvalue weighted by Crippen LogP contribution is 2.32. The van der Waals surface area contributed by atoms with Crippen molar-refractivity contribution in [2.75, 3.05) is 11.9 Å². The van der Waals surface area contributed by atoms with E-state index in [0.29, 0.717) is 0 Å². The highest BCUT2D eigenvalue weighted by Gasteiger charge is 2.26. The summed E-state index contributed by atoms with van der Waals surface area (Å²) in [5.74, 6) is -1.20. The van der Waals surface area contributed by atoms with E-state index in [1.165, 1.54) is 12.1 Å². The lowest BCUT2D eigenvalue weighted by atomic mass is 9.91. The van der Waals surface area contributed by atoms with E-state index in [4.69, 9.17) is 5.11 Å². The van der Waals surface area contributed by atoms with Gasteiger partial charge in [-0.3, -0.25) is 0 Å². The third-order valence-electron chi connectivity index (χ3n) is 3.23. The van der Waals surface area contributed by atoms with Crippen LogP contribution in [0.4, 0.5) is 14.5 Å². The van der Waals surface area contributed by atoms with Crippen LogP contribution in [0.15, 0.2) is 12.1 Å². The molecule has 0 spiro atoms. The van der Waals surface area contributed by atoms with Gasteiger partial charge in [0.25, 0.3) is 0 Å². The molecule has 1 saturated carbocycles. The van der Waals surface area contributed by atoms with Crippen molar-refractivity contribution in [3.05, 3.63) is 29.3 Å². The first-order valence-corrected chi connectivity index (χ1v) is 5.45. The predicted molar refractivity (Wildman–Crippen MR) is 58.3 cm³/mol. The van der Waals surface area contributed by atoms with Gasteiger partial charge < -0.3 is 10.0 Å². The second-order valence-electron chi connectivity index (χ2n) is 4.26. The maximum Gasteiger partial charge on any atom is 0.149 e. The van der Waals surface area contributed by atoms with E-state index >= 15 is 0 Å². The first-order valence-electron chi connectivity index (χ1n) is 5.45. The van der Waals surface area contributed by atoms with Crippen molar-refractivity contribution in [3.8, 4) is 0 Å². The molecular formula is C12H15F2NO. The van der Waals surface area contributed by atoms with Crippen molar-refractivity contribution in [2.24, 2.45) is 0 Å². The minimum atomic E-state index is -0.599. The molecule has 0 bridgehead atoms. The lowest BCUT2D eigenvalue weighted by Crippen LogP contribution is -2.38. The molecular weight excluding hydrogens is 212 g/mol. The molecule has 2 rings (SSSR count). The molecule has 2 nitrogen and oxygen atoms in total. The molecule has 88 valence electrons. The topological polar surface area (TPSA) is 23.5 Å². The largest absolute Gasteiger partial charge is 0.392 e. The van der Waals surface area contributed by atoms with Gasteiger partial charge in [-0.15, -0.1) is 0 Å². The van der Waals surface area contributed by atoms with Crippen LogP contribution >= 0.6 is 0 Å². The van der Waals surface area contributed by atoms with Crippen molar-refractivity contribution in [2.45, 2.75) is 31.9 Å². The van der Waals surface area contributed by atoms with E-state index in [2.05, 4.69) is 0 Å². The Balaban J connectivity index is 2.32. The normalized spacial score (nSPS) is 16.0. The standard InChI is InChI=1S/C12H15F2NO/c1-15(9-3-2-4-9)12-10(13)5-8(7-16)6-11(12)14/h5-6,9,16H,2-4,7H2,1H3. The summed E-state index contributed by atoms with van der Waals surface area (Å²) in [5, 5.41) is 8.84. The maximum atomic E-state index is 13.7. The Kier molecular flexibility index (Phi) is 3.10. The summed E-state index contributed by atoms with van der Waals surface area (Å²) < 4.78 is 27.4. The Morgan fingerprint density at radius 2 is 1.88 bits per heavy atom. The van der Waals surface area contributed by atoms with Crippen LogP contribution in [-0.2, 0) is 6.61 Å². The van der Waals surface area contributed by atoms with Gasteiger partial charge in [0.05, 0.1) is 6.61 Å². The minimum absolute atomic E-state index is 0.0156. The van der Waals surface area contributed by atoms with Crippen LogP contribution in [0.5, 0.6) is 0 Å². The van der Waals surface area contributed by atoms with E-state index in [1.54, 1.807) is 11.9 Å². The Hall–Kier alpha value is -1.16. The van der Waals surface area contributed by atoms with Gasteiger partial charge in [-0.05, 0) is 37.0 Å². The lowest BCUT2D eigenvalue weighted by Gasteiger charge is -2.36. The summed E-state index contributed by atoms with van der Waals surface area (Å²) in [6.45, 7) is -0.346. The molecule has 1 aromatic rings. The average Bonchev–Trinajstić information content (AvgIpc) is 2.13. The van der Waals surface area contributed by atoms with E-state index in [0.717, 1.165) is 19.3 Å². The zero-order chi connectivity index (χ0) is 11.7. The Labute approximate surface area is 93.5 Å². The van der Waals surface area contributed by atoms with Gasteiger partial charge in [0.1, 0.15) is 17.3 Å². The highest BCUT2D eigenvalue weighted by atomic mass is 19.1. The monoisotopic (exact) mass is 227 g/mol. The number of nitrogens with zero attached hydrogens (tertiary/aromatic N) is 1. The third-order valence-corrected chi connectivity index (χ3v) is 3.23. The third kappa shape index (κ3) is 1.89. The fourth-order valence-electron chi connectivity index (χ4n) is 2.00.